The number of hydrogen-bond acceptors (Lipinski definition) is 4. The highest BCUT2D eigenvalue weighted by Crippen LogP contribution is 2.65. The van der Waals surface area contributed by atoms with E-state index in [9.17, 15) is 10.2 Å². The van der Waals surface area contributed by atoms with Gasteiger partial charge < -0.3 is 24.4 Å². The van der Waals surface area contributed by atoms with Crippen LogP contribution in [0.25, 0.3) is 21.7 Å². The van der Waals surface area contributed by atoms with E-state index in [1.807, 2.05) is 6.92 Å². The predicted octanol–water partition coefficient (Wildman–Crippen LogP) is 5.39. The van der Waals surface area contributed by atoms with Gasteiger partial charge in [0.15, 0.2) is 17.6 Å². The quantitative estimate of drug-likeness (QED) is 0.383. The van der Waals surface area contributed by atoms with Crippen molar-refractivity contribution >= 4 is 21.7 Å². The standard InChI is InChI=1S/C33H34N2O3/c1-32(37)17-24-23-9-7-20-3-2-4-21-12-15-35(28(23)26(20)21)29(24)31-33(32)13-16-34(18-19-5-6-19)14-11-22-8-10-25(36)30(38-31)27(22)33/h2-4,7-10,19,31,36-37H,5-6,11-18H2,1H3/t31?,32-,33-/m0/s1. The van der Waals surface area contributed by atoms with Gasteiger partial charge in [0.25, 0.3) is 0 Å². The molecule has 0 saturated heterocycles. The molecule has 0 bridgehead atoms. The number of phenolic OH excluding ortho intramolecular Hbond substituents is 1. The normalized spacial score (nSPS) is 29.6. The van der Waals surface area contributed by atoms with Crippen LogP contribution in [0, 0.1) is 5.92 Å². The van der Waals surface area contributed by atoms with E-state index >= 15 is 0 Å². The van der Waals surface area contributed by atoms with E-state index in [-0.39, 0.29) is 11.9 Å². The van der Waals surface area contributed by atoms with Crippen LogP contribution < -0.4 is 4.74 Å². The monoisotopic (exact) mass is 506 g/mol. The Bertz CT molecular complexity index is 1680. The van der Waals surface area contributed by atoms with Crippen molar-refractivity contribution in [1.82, 2.24) is 9.47 Å². The molecule has 2 aliphatic carbocycles. The van der Waals surface area contributed by atoms with Crippen LogP contribution in [0.2, 0.25) is 0 Å². The van der Waals surface area contributed by atoms with Crippen LogP contribution in [0.15, 0.2) is 42.5 Å². The Balaban J connectivity index is 1.32. The Hall–Kier alpha value is -3.02. The van der Waals surface area contributed by atoms with Crippen molar-refractivity contribution in [3.63, 3.8) is 0 Å². The molecule has 38 heavy (non-hydrogen) atoms. The van der Waals surface area contributed by atoms with Crippen LogP contribution in [0.1, 0.15) is 60.2 Å². The third kappa shape index (κ3) is 2.60. The van der Waals surface area contributed by atoms with Crippen LogP contribution in [0.4, 0.5) is 0 Å². The molecule has 3 atom stereocenters. The minimum absolute atomic E-state index is 0.202. The summed E-state index contributed by atoms with van der Waals surface area (Å²) in [7, 11) is 0. The van der Waals surface area contributed by atoms with E-state index in [1.54, 1.807) is 6.07 Å². The number of aromatic nitrogens is 1. The molecule has 3 aliphatic heterocycles. The number of nitrogens with zero attached hydrogens (tertiary/aromatic N) is 2. The van der Waals surface area contributed by atoms with Gasteiger partial charge in [-0.3, -0.25) is 0 Å². The zero-order valence-corrected chi connectivity index (χ0v) is 22.0. The molecule has 2 N–H and O–H groups in total. The number of rotatable bonds is 2. The van der Waals surface area contributed by atoms with E-state index in [0.717, 1.165) is 56.9 Å². The molecule has 3 aromatic carbocycles. The SMILES string of the molecule is C[C@]1(O)Cc2c(n3c4c2ccc2cccc(c24)CC3)C2Oc3c(O)ccc4c3[C@@]21CCN(CC1CC1)CC4. The summed E-state index contributed by atoms with van der Waals surface area (Å²) in [5.74, 6) is 1.64. The molecule has 1 aromatic heterocycles. The molecule has 1 unspecified atom stereocenters. The van der Waals surface area contributed by atoms with E-state index in [0.29, 0.717) is 12.2 Å². The molecule has 5 aliphatic rings. The maximum atomic E-state index is 12.6. The largest absolute Gasteiger partial charge is 0.504 e. The fourth-order valence-corrected chi connectivity index (χ4v) is 8.76. The van der Waals surface area contributed by atoms with Crippen molar-refractivity contribution < 1.29 is 14.9 Å². The van der Waals surface area contributed by atoms with Gasteiger partial charge >= 0.3 is 0 Å². The fourth-order valence-electron chi connectivity index (χ4n) is 8.76. The first-order chi connectivity index (χ1) is 18.5. The summed E-state index contributed by atoms with van der Waals surface area (Å²) in [4.78, 5) is 2.63. The van der Waals surface area contributed by atoms with Crippen molar-refractivity contribution in [2.75, 3.05) is 19.6 Å². The lowest BCUT2D eigenvalue weighted by Gasteiger charge is -2.51. The summed E-state index contributed by atoms with van der Waals surface area (Å²) in [6.07, 6.45) is 5.71. The summed E-state index contributed by atoms with van der Waals surface area (Å²) in [5, 5.41) is 27.6. The lowest BCUT2D eigenvalue weighted by molar-refractivity contribution is -0.0818. The summed E-state index contributed by atoms with van der Waals surface area (Å²) in [6, 6.07) is 15.1. The summed E-state index contributed by atoms with van der Waals surface area (Å²) in [5.41, 5.74) is 5.85. The minimum Gasteiger partial charge on any atom is -0.504 e. The molecule has 1 fully saturated rings. The highest BCUT2D eigenvalue weighted by atomic mass is 16.5. The van der Waals surface area contributed by atoms with Crippen LogP contribution in [-0.2, 0) is 31.2 Å². The van der Waals surface area contributed by atoms with Gasteiger partial charge in [0, 0.05) is 42.4 Å². The molecule has 1 spiro atoms. The molecule has 5 heteroatoms. The van der Waals surface area contributed by atoms with Crippen LogP contribution >= 0.6 is 0 Å². The number of aryl methyl sites for hydroxylation is 2. The Kier molecular flexibility index (Phi) is 4.10. The molecular formula is C33H34N2O3. The first-order valence-electron chi connectivity index (χ1n) is 14.5. The van der Waals surface area contributed by atoms with Gasteiger partial charge in [-0.25, -0.2) is 0 Å². The number of aromatic hydroxyl groups is 1. The van der Waals surface area contributed by atoms with E-state index in [2.05, 4.69) is 45.9 Å². The molecule has 9 rings (SSSR count). The first kappa shape index (κ1) is 21.9. The third-order valence-corrected chi connectivity index (χ3v) is 10.7. The van der Waals surface area contributed by atoms with E-state index in [4.69, 9.17) is 4.74 Å². The van der Waals surface area contributed by atoms with Gasteiger partial charge in [-0.1, -0.05) is 36.4 Å². The van der Waals surface area contributed by atoms with Crippen LogP contribution in [0.5, 0.6) is 11.5 Å². The Morgan fingerprint density at radius 1 is 1.00 bits per heavy atom. The number of benzene rings is 3. The van der Waals surface area contributed by atoms with E-state index in [1.165, 1.54) is 56.9 Å². The van der Waals surface area contributed by atoms with Gasteiger partial charge in [0.1, 0.15) is 0 Å². The molecule has 5 nitrogen and oxygen atoms in total. The molecule has 0 radical (unpaired) electrons. The lowest BCUT2D eigenvalue weighted by Crippen LogP contribution is -2.58. The minimum atomic E-state index is -1.01. The van der Waals surface area contributed by atoms with Gasteiger partial charge in [-0.15, -0.1) is 0 Å². The van der Waals surface area contributed by atoms with E-state index < -0.39 is 11.0 Å². The van der Waals surface area contributed by atoms with Crippen molar-refractivity contribution in [2.24, 2.45) is 5.92 Å². The zero-order valence-electron chi connectivity index (χ0n) is 22.0. The molecule has 1 saturated carbocycles. The van der Waals surface area contributed by atoms with Gasteiger partial charge in [0.05, 0.1) is 22.2 Å². The molecule has 4 heterocycles. The lowest BCUT2D eigenvalue weighted by atomic mass is 9.56. The second-order valence-corrected chi connectivity index (χ2v) is 12.9. The van der Waals surface area contributed by atoms with Gasteiger partial charge in [0.2, 0.25) is 0 Å². The summed E-state index contributed by atoms with van der Waals surface area (Å²) < 4.78 is 9.43. The number of aliphatic hydroxyl groups is 1. The first-order valence-corrected chi connectivity index (χ1v) is 14.5. The van der Waals surface area contributed by atoms with Crippen molar-refractivity contribution in [3.05, 3.63) is 70.4 Å². The smallest absolute Gasteiger partial charge is 0.166 e. The average Bonchev–Trinajstić information content (AvgIpc) is 3.56. The summed E-state index contributed by atoms with van der Waals surface area (Å²) >= 11 is 0. The van der Waals surface area contributed by atoms with Crippen molar-refractivity contribution in [1.29, 1.82) is 0 Å². The highest BCUT2D eigenvalue weighted by molar-refractivity contribution is 6.10. The topological polar surface area (TPSA) is 57.9 Å². The second-order valence-electron chi connectivity index (χ2n) is 12.9. The fraction of sp³-hybridized carbons (Fsp3) is 0.455. The Labute approximate surface area is 222 Å². The van der Waals surface area contributed by atoms with Gasteiger partial charge in [-0.05, 0) is 79.6 Å². The number of fused-ring (bicyclic) bond motifs is 4. The molecule has 0 amide bonds. The molecule has 194 valence electrons. The van der Waals surface area contributed by atoms with Crippen LogP contribution in [-0.4, -0.2) is 44.9 Å². The predicted molar refractivity (Wildman–Crippen MR) is 148 cm³/mol. The zero-order chi connectivity index (χ0) is 25.4. The number of phenols is 1. The molecular weight excluding hydrogens is 472 g/mol. The van der Waals surface area contributed by atoms with Crippen molar-refractivity contribution in [3.8, 4) is 11.5 Å². The molecule has 4 aromatic rings. The van der Waals surface area contributed by atoms with Crippen LogP contribution in [0.3, 0.4) is 0 Å². The Morgan fingerprint density at radius 2 is 1.87 bits per heavy atom. The maximum Gasteiger partial charge on any atom is 0.166 e. The Morgan fingerprint density at radius 3 is 2.74 bits per heavy atom. The highest BCUT2D eigenvalue weighted by Gasteiger charge is 2.65. The van der Waals surface area contributed by atoms with Crippen molar-refractivity contribution in [2.45, 2.75) is 69.1 Å². The third-order valence-electron chi connectivity index (χ3n) is 10.7. The maximum absolute atomic E-state index is 12.6. The second kappa shape index (κ2) is 7.13. The average molecular weight is 507 g/mol. The number of ether oxygens (including phenoxy) is 1. The summed E-state index contributed by atoms with van der Waals surface area (Å²) in [6.45, 7) is 6.09. The van der Waals surface area contributed by atoms with Gasteiger partial charge in [-0.2, -0.15) is 0 Å². The number of hydrogen-bond donors (Lipinski definition) is 2.